The number of rotatable bonds is 4. The average molecular weight is 327 g/mol. The Morgan fingerprint density at radius 1 is 1.26 bits per heavy atom. The summed E-state index contributed by atoms with van der Waals surface area (Å²) in [7, 11) is 0. The van der Waals surface area contributed by atoms with E-state index in [0.717, 1.165) is 5.56 Å². The third-order valence-electron chi connectivity index (χ3n) is 2.54. The summed E-state index contributed by atoms with van der Waals surface area (Å²) in [5, 5.41) is 0. The summed E-state index contributed by atoms with van der Waals surface area (Å²) in [6.45, 7) is 1.80. The van der Waals surface area contributed by atoms with Crippen LogP contribution < -0.4 is 0 Å². The summed E-state index contributed by atoms with van der Waals surface area (Å²) in [4.78, 5) is 10.1. The quantitative estimate of drug-likeness (QED) is 0.590. The normalized spacial score (nSPS) is 19.9. The number of hydrogen-bond donors (Lipinski definition) is 0. The maximum absolute atomic E-state index is 14.8. The number of aryl methyl sites for hydroxylation is 1. The lowest BCUT2D eigenvalue weighted by Gasteiger charge is -2.14. The third kappa shape index (κ3) is 3.29. The van der Waals surface area contributed by atoms with Gasteiger partial charge in [0, 0.05) is 5.56 Å². The molecule has 0 aliphatic rings. The van der Waals surface area contributed by atoms with Crippen molar-refractivity contribution >= 4 is 21.7 Å². The monoisotopic (exact) mass is 326 g/mol. The average Bonchev–Trinajstić information content (AvgIpc) is 2.58. The predicted molar refractivity (Wildman–Crippen MR) is 78.5 cm³/mol. The second-order valence-electron chi connectivity index (χ2n) is 3.95. The summed E-state index contributed by atoms with van der Waals surface area (Å²) in [6, 6.07) is 2.51. The van der Waals surface area contributed by atoms with Gasteiger partial charge in [-0.1, -0.05) is 76.0 Å². The van der Waals surface area contributed by atoms with E-state index in [9.17, 15) is 9.18 Å². The van der Waals surface area contributed by atoms with E-state index in [4.69, 9.17) is 8.22 Å². The molecule has 0 radical (unpaired) electrons. The molecule has 0 heterocycles. The van der Waals surface area contributed by atoms with Crippen LogP contribution in [0, 0.1) is 6.92 Å². The molecule has 2 rings (SSSR count). The molecule has 2 unspecified atom stereocenters. The number of benzene rings is 2. The molecule has 1 nitrogen and oxygen atoms in total. The topological polar surface area (TPSA) is 17.1 Å². The first kappa shape index (κ1) is 7.95. The van der Waals surface area contributed by atoms with E-state index in [2.05, 4.69) is 15.9 Å². The number of Topliss-reactive ketones (excluding diaryl/α,β-unsaturated/α-hetero) is 1. The van der Waals surface area contributed by atoms with E-state index in [1.165, 1.54) is 12.1 Å². The van der Waals surface area contributed by atoms with Gasteiger partial charge in [-0.3, -0.25) is 4.79 Å². The zero-order chi connectivity index (χ0) is 19.1. The van der Waals surface area contributed by atoms with Crippen molar-refractivity contribution in [3.8, 4) is 0 Å². The molecule has 2 aromatic rings. The summed E-state index contributed by atoms with van der Waals surface area (Å²) >= 11 is 2.75. The number of carbonyl (C=O) groups excluding carboxylic acids is 1. The molecule has 0 N–H and O–H groups in total. The van der Waals surface area contributed by atoms with Gasteiger partial charge in [0.25, 0.3) is 0 Å². The van der Waals surface area contributed by atoms with Gasteiger partial charge in [0.1, 0.15) is 11.0 Å². The van der Waals surface area contributed by atoms with Gasteiger partial charge < -0.3 is 0 Å². The van der Waals surface area contributed by atoms with Crippen LogP contribution in [0.2, 0.25) is 0 Å². The first-order valence-electron chi connectivity index (χ1n) is 8.51. The molecule has 0 amide bonds. The molecule has 19 heavy (non-hydrogen) atoms. The molecule has 3 heteroatoms. The standard InChI is InChI=1S/C16H14BrFO/c1-11-7-9-12(10-8-11)15(18)14(17)16(19)13-5-3-2-4-6-13/h2-10,14-15H,1H3/i2D,3D,4D,5D,6D,14D. The van der Waals surface area contributed by atoms with E-state index < -0.39 is 52.5 Å². The number of hydrogen-bond acceptors (Lipinski definition) is 1. The molecule has 0 saturated heterocycles. The van der Waals surface area contributed by atoms with Crippen molar-refractivity contribution in [2.45, 2.75) is 17.9 Å². The van der Waals surface area contributed by atoms with Crippen molar-refractivity contribution in [2.24, 2.45) is 0 Å². The second kappa shape index (κ2) is 6.11. The van der Waals surface area contributed by atoms with Crippen molar-refractivity contribution in [1.29, 1.82) is 0 Å². The van der Waals surface area contributed by atoms with Crippen molar-refractivity contribution in [3.05, 3.63) is 71.2 Å². The van der Waals surface area contributed by atoms with Gasteiger partial charge in [-0.25, -0.2) is 4.39 Å². The number of carbonyl (C=O) groups is 1. The number of halogens is 2. The van der Waals surface area contributed by atoms with Gasteiger partial charge >= 0.3 is 0 Å². The Hall–Kier alpha value is -1.48. The molecular formula is C16H14BrFO. The summed E-state index contributed by atoms with van der Waals surface area (Å²) in [5.41, 5.74) is 0.226. The SMILES string of the molecule is [2H]c1c([2H])c([2H])c(C(=O)C([2H])(Br)C(F)c2ccc(C)cc2)c([2H])c1[2H]. The fourth-order valence-electron chi connectivity index (χ4n) is 1.48. The van der Waals surface area contributed by atoms with E-state index >= 15 is 0 Å². The molecule has 2 atom stereocenters. The Morgan fingerprint density at radius 3 is 2.42 bits per heavy atom. The zero-order valence-corrected chi connectivity index (χ0v) is 11.6. The van der Waals surface area contributed by atoms with Gasteiger partial charge in [-0.2, -0.15) is 0 Å². The smallest absolute Gasteiger partial charge is 0.179 e. The van der Waals surface area contributed by atoms with Crippen LogP contribution in [0.1, 0.15) is 35.9 Å². The van der Waals surface area contributed by atoms with E-state index in [1.54, 1.807) is 19.1 Å². The molecule has 98 valence electrons. The first-order valence-corrected chi connectivity index (χ1v) is 6.30. The lowest BCUT2D eigenvalue weighted by Crippen LogP contribution is -2.20. The zero-order valence-electron chi connectivity index (χ0n) is 16.1. The lowest BCUT2D eigenvalue weighted by atomic mass is 10.0. The maximum atomic E-state index is 14.8. The third-order valence-corrected chi connectivity index (χ3v) is 3.30. The van der Waals surface area contributed by atoms with Crippen LogP contribution in [0.4, 0.5) is 4.39 Å². The van der Waals surface area contributed by atoms with Crippen LogP contribution in [0.15, 0.2) is 54.5 Å². The molecule has 2 aromatic carbocycles. The molecule has 0 bridgehead atoms. The fourth-order valence-corrected chi connectivity index (χ4v) is 1.94. The highest BCUT2D eigenvalue weighted by Crippen LogP contribution is 2.29. The van der Waals surface area contributed by atoms with Gasteiger partial charge in [0.2, 0.25) is 0 Å². The molecular weight excluding hydrogens is 307 g/mol. The van der Waals surface area contributed by atoms with Crippen LogP contribution in [0.5, 0.6) is 0 Å². The van der Waals surface area contributed by atoms with Crippen LogP contribution >= 0.6 is 15.9 Å². The van der Waals surface area contributed by atoms with Crippen LogP contribution in [-0.4, -0.2) is 10.6 Å². The minimum atomic E-state index is -2.53. The highest BCUT2D eigenvalue weighted by Gasteiger charge is 2.27. The van der Waals surface area contributed by atoms with Gasteiger partial charge in [0.15, 0.2) is 5.78 Å². The van der Waals surface area contributed by atoms with Gasteiger partial charge in [-0.05, 0) is 12.5 Å². The Balaban J connectivity index is 2.54. The maximum Gasteiger partial charge on any atom is 0.179 e. The summed E-state index contributed by atoms with van der Waals surface area (Å²) < 4.78 is 61.3. The van der Waals surface area contributed by atoms with Crippen LogP contribution in [-0.2, 0) is 0 Å². The molecule has 0 aliphatic carbocycles. The fraction of sp³-hybridized carbons (Fsp3) is 0.188. The number of ketones is 1. The largest absolute Gasteiger partial charge is 0.293 e. The Bertz CT molecular complexity index is 809. The lowest BCUT2D eigenvalue weighted by molar-refractivity contribution is 0.0960. The van der Waals surface area contributed by atoms with E-state index in [-0.39, 0.29) is 5.56 Å². The summed E-state index contributed by atoms with van der Waals surface area (Å²) in [5.74, 6) is -1.24. The van der Waals surface area contributed by atoms with Crippen molar-refractivity contribution in [1.82, 2.24) is 0 Å². The Kier molecular flexibility index (Phi) is 2.56. The Labute approximate surface area is 129 Å². The van der Waals surface area contributed by atoms with Crippen LogP contribution in [0.3, 0.4) is 0 Å². The van der Waals surface area contributed by atoms with Crippen molar-refractivity contribution in [3.63, 3.8) is 0 Å². The minimum Gasteiger partial charge on any atom is -0.293 e. The molecule has 0 aromatic heterocycles. The highest BCUT2D eigenvalue weighted by atomic mass is 79.9. The van der Waals surface area contributed by atoms with E-state index in [0.29, 0.717) is 0 Å². The minimum absolute atomic E-state index is 0.0678. The predicted octanol–water partition coefficient (Wildman–Crippen LogP) is 4.65. The van der Waals surface area contributed by atoms with Gasteiger partial charge in [0.05, 0.1) is 8.22 Å². The van der Waals surface area contributed by atoms with Gasteiger partial charge in [-0.15, -0.1) is 0 Å². The van der Waals surface area contributed by atoms with Crippen LogP contribution in [0.25, 0.3) is 0 Å². The molecule has 0 aliphatic heterocycles. The molecule has 0 spiro atoms. The molecule has 0 fully saturated rings. The Morgan fingerprint density at radius 2 is 1.84 bits per heavy atom. The summed E-state index contributed by atoms with van der Waals surface area (Å²) in [6.07, 6.45) is -2.10. The second-order valence-corrected chi connectivity index (χ2v) is 4.80. The highest BCUT2D eigenvalue weighted by molar-refractivity contribution is 9.10. The van der Waals surface area contributed by atoms with Crippen molar-refractivity contribution in [2.75, 3.05) is 0 Å². The molecule has 0 saturated carbocycles. The van der Waals surface area contributed by atoms with Crippen molar-refractivity contribution < 1.29 is 17.4 Å². The van der Waals surface area contributed by atoms with E-state index in [1.807, 2.05) is 0 Å². The number of alkyl halides is 2. The first-order chi connectivity index (χ1) is 11.5.